The van der Waals surface area contributed by atoms with Crippen molar-refractivity contribution in [3.8, 4) is 6.07 Å². The fraction of sp³-hybridized carbons (Fsp3) is 0. The van der Waals surface area contributed by atoms with Crippen molar-refractivity contribution in [1.29, 1.82) is 5.26 Å². The summed E-state index contributed by atoms with van der Waals surface area (Å²) in [6.45, 7) is 3.03. The van der Waals surface area contributed by atoms with Crippen molar-refractivity contribution in [2.75, 3.05) is 0 Å². The van der Waals surface area contributed by atoms with E-state index in [0.29, 0.717) is 0 Å². The Kier molecular flexibility index (Phi) is 2.10. The molecule has 0 bridgehead atoms. The SMILES string of the molecule is C=C(C#N)C(=O)Cl. The second-order valence-electron chi connectivity index (χ2n) is 0.864. The first kappa shape index (κ1) is 6.19. The van der Waals surface area contributed by atoms with Gasteiger partial charge in [-0.1, -0.05) is 6.58 Å². The van der Waals surface area contributed by atoms with Gasteiger partial charge >= 0.3 is 0 Å². The largest absolute Gasteiger partial charge is 0.275 e. The number of rotatable bonds is 1. The highest BCUT2D eigenvalue weighted by Crippen LogP contribution is 1.91. The number of nitriles is 1. The molecular weight excluding hydrogens is 114 g/mol. The van der Waals surface area contributed by atoms with Crippen LogP contribution in [0.2, 0.25) is 0 Å². The number of carbonyl (C=O) groups is 1. The quantitative estimate of drug-likeness (QED) is 0.289. The highest BCUT2D eigenvalue weighted by molar-refractivity contribution is 6.68. The van der Waals surface area contributed by atoms with Crippen LogP contribution < -0.4 is 0 Å². The summed E-state index contributed by atoms with van der Waals surface area (Å²) in [5.74, 6) is 0. The Balaban J connectivity index is 3.90. The van der Waals surface area contributed by atoms with Gasteiger partial charge in [0, 0.05) is 0 Å². The Labute approximate surface area is 46.0 Å². The van der Waals surface area contributed by atoms with E-state index in [2.05, 4.69) is 6.58 Å². The molecule has 2 nitrogen and oxygen atoms in total. The highest BCUT2D eigenvalue weighted by atomic mass is 35.5. The van der Waals surface area contributed by atoms with Crippen molar-refractivity contribution in [3.05, 3.63) is 12.2 Å². The molecule has 0 saturated heterocycles. The summed E-state index contributed by atoms with van der Waals surface area (Å²) in [4.78, 5) is 9.82. The molecular formula is C4H2ClNO. The molecule has 0 aromatic rings. The second-order valence-corrected chi connectivity index (χ2v) is 1.21. The maximum Gasteiger partial charge on any atom is 0.262 e. The zero-order valence-electron chi connectivity index (χ0n) is 3.44. The van der Waals surface area contributed by atoms with Gasteiger partial charge in [-0.15, -0.1) is 0 Å². The standard InChI is InChI=1S/C4H2ClNO/c1-3(2-6)4(5)7/h1H2. The van der Waals surface area contributed by atoms with Crippen molar-refractivity contribution in [1.82, 2.24) is 0 Å². The molecule has 0 unspecified atom stereocenters. The minimum atomic E-state index is -0.789. The molecule has 7 heavy (non-hydrogen) atoms. The van der Waals surface area contributed by atoms with Crippen molar-refractivity contribution >= 4 is 16.8 Å². The monoisotopic (exact) mass is 115 g/mol. The van der Waals surface area contributed by atoms with Crippen LogP contribution in [0.15, 0.2) is 12.2 Å². The third-order valence-electron chi connectivity index (χ3n) is 0.372. The van der Waals surface area contributed by atoms with E-state index in [-0.39, 0.29) is 5.57 Å². The van der Waals surface area contributed by atoms with Gasteiger partial charge in [0.15, 0.2) is 0 Å². The molecule has 0 atom stereocenters. The second kappa shape index (κ2) is 2.38. The fourth-order valence-electron chi connectivity index (χ4n) is 0.0440. The lowest BCUT2D eigenvalue weighted by Gasteiger charge is -1.74. The predicted molar refractivity (Wildman–Crippen MR) is 25.6 cm³/mol. The van der Waals surface area contributed by atoms with Crippen LogP contribution >= 0.6 is 11.6 Å². The summed E-state index contributed by atoms with van der Waals surface area (Å²) >= 11 is 4.77. The Bertz CT molecular complexity index is 144. The molecule has 0 aromatic carbocycles. The number of hydrogen-bond acceptors (Lipinski definition) is 2. The van der Waals surface area contributed by atoms with Crippen molar-refractivity contribution < 1.29 is 4.79 Å². The third-order valence-corrected chi connectivity index (χ3v) is 0.600. The van der Waals surface area contributed by atoms with Gasteiger partial charge in [-0.05, 0) is 11.6 Å². The van der Waals surface area contributed by atoms with Crippen LogP contribution in [0.25, 0.3) is 0 Å². The predicted octanol–water partition coefficient (Wildman–Crippen LogP) is 0.832. The van der Waals surface area contributed by atoms with Gasteiger partial charge in [-0.25, -0.2) is 0 Å². The zero-order valence-corrected chi connectivity index (χ0v) is 4.20. The summed E-state index contributed by atoms with van der Waals surface area (Å²) in [6, 6.07) is 1.49. The number of halogens is 1. The van der Waals surface area contributed by atoms with Gasteiger partial charge in [-0.3, -0.25) is 4.79 Å². The van der Waals surface area contributed by atoms with Crippen LogP contribution in [-0.2, 0) is 4.79 Å². The smallest absolute Gasteiger partial charge is 0.262 e. The summed E-state index contributed by atoms with van der Waals surface area (Å²) < 4.78 is 0. The van der Waals surface area contributed by atoms with E-state index >= 15 is 0 Å². The highest BCUT2D eigenvalue weighted by Gasteiger charge is 1.96. The molecule has 3 heteroatoms. The summed E-state index contributed by atoms with van der Waals surface area (Å²) in [6.07, 6.45) is 0. The normalized spacial score (nSPS) is 6.86. The Morgan fingerprint density at radius 3 is 2.29 bits per heavy atom. The van der Waals surface area contributed by atoms with Crippen LogP contribution in [-0.4, -0.2) is 5.24 Å². The molecule has 0 aromatic heterocycles. The minimum absolute atomic E-state index is 0.221. The number of carbonyl (C=O) groups excluding carboxylic acids is 1. The van der Waals surface area contributed by atoms with E-state index in [9.17, 15) is 4.79 Å². The molecule has 36 valence electrons. The molecule has 0 saturated carbocycles. The van der Waals surface area contributed by atoms with Crippen LogP contribution in [0.1, 0.15) is 0 Å². The Hall–Kier alpha value is -0.810. The Morgan fingerprint density at radius 2 is 2.29 bits per heavy atom. The molecule has 0 spiro atoms. The zero-order chi connectivity index (χ0) is 5.86. The number of hydrogen-bond donors (Lipinski definition) is 0. The summed E-state index contributed by atoms with van der Waals surface area (Å²) in [5.41, 5.74) is -0.221. The average Bonchev–Trinajstić information content (AvgIpc) is 1.65. The average molecular weight is 116 g/mol. The Morgan fingerprint density at radius 1 is 1.86 bits per heavy atom. The molecule has 0 N–H and O–H groups in total. The van der Waals surface area contributed by atoms with Crippen LogP contribution in [0, 0.1) is 11.3 Å². The van der Waals surface area contributed by atoms with Crippen LogP contribution in [0.4, 0.5) is 0 Å². The molecule has 0 heterocycles. The van der Waals surface area contributed by atoms with Crippen molar-refractivity contribution in [2.45, 2.75) is 0 Å². The lowest BCUT2D eigenvalue weighted by Crippen LogP contribution is -1.84. The topological polar surface area (TPSA) is 40.9 Å². The number of nitrogens with zero attached hydrogens (tertiary/aromatic N) is 1. The van der Waals surface area contributed by atoms with Gasteiger partial charge in [0.25, 0.3) is 5.24 Å². The van der Waals surface area contributed by atoms with Crippen molar-refractivity contribution in [3.63, 3.8) is 0 Å². The molecule has 0 aliphatic rings. The van der Waals surface area contributed by atoms with Gasteiger partial charge in [0.1, 0.15) is 11.6 Å². The molecule has 0 aliphatic carbocycles. The maximum atomic E-state index is 9.82. The summed E-state index contributed by atoms with van der Waals surface area (Å²) in [7, 11) is 0. The van der Waals surface area contributed by atoms with Crippen LogP contribution in [0.5, 0.6) is 0 Å². The van der Waals surface area contributed by atoms with E-state index in [0.717, 1.165) is 0 Å². The molecule has 0 amide bonds. The maximum absolute atomic E-state index is 9.82. The van der Waals surface area contributed by atoms with E-state index < -0.39 is 5.24 Å². The van der Waals surface area contributed by atoms with E-state index in [1.165, 1.54) is 6.07 Å². The molecule has 0 radical (unpaired) electrons. The van der Waals surface area contributed by atoms with E-state index in [4.69, 9.17) is 16.9 Å². The molecule has 0 fully saturated rings. The van der Waals surface area contributed by atoms with Gasteiger partial charge in [-0.2, -0.15) is 5.26 Å². The van der Waals surface area contributed by atoms with Gasteiger partial charge in [0.05, 0.1) is 0 Å². The van der Waals surface area contributed by atoms with E-state index in [1.54, 1.807) is 0 Å². The fourth-order valence-corrected chi connectivity index (χ4v) is 0.0862. The third kappa shape index (κ3) is 1.96. The first-order valence-electron chi connectivity index (χ1n) is 1.47. The minimum Gasteiger partial charge on any atom is -0.275 e. The number of allylic oxidation sites excluding steroid dienone is 1. The first-order valence-corrected chi connectivity index (χ1v) is 1.85. The van der Waals surface area contributed by atoms with Gasteiger partial charge in [0.2, 0.25) is 0 Å². The first-order chi connectivity index (χ1) is 3.18. The lowest BCUT2D eigenvalue weighted by molar-refractivity contribution is -0.108. The lowest BCUT2D eigenvalue weighted by atomic mass is 10.4. The molecule has 0 rings (SSSR count). The molecule has 0 aliphatic heterocycles. The summed E-state index contributed by atoms with van der Waals surface area (Å²) in [5, 5.41) is 7.06. The van der Waals surface area contributed by atoms with Gasteiger partial charge < -0.3 is 0 Å². The van der Waals surface area contributed by atoms with Crippen molar-refractivity contribution in [2.24, 2.45) is 0 Å². The van der Waals surface area contributed by atoms with E-state index in [1.807, 2.05) is 0 Å². The van der Waals surface area contributed by atoms with Crippen LogP contribution in [0.3, 0.4) is 0 Å².